The molecule has 0 aliphatic heterocycles. The number of benzene rings is 2. The average Bonchev–Trinajstić information content (AvgIpc) is 3.08. The van der Waals surface area contributed by atoms with Crippen molar-refractivity contribution in [1.29, 1.82) is 0 Å². The predicted molar refractivity (Wildman–Crippen MR) is 107 cm³/mol. The van der Waals surface area contributed by atoms with Gasteiger partial charge >= 0.3 is 0 Å². The zero-order valence-electron chi connectivity index (χ0n) is 15.7. The van der Waals surface area contributed by atoms with E-state index in [1.807, 2.05) is 18.3 Å². The van der Waals surface area contributed by atoms with Crippen molar-refractivity contribution in [1.82, 2.24) is 15.6 Å². The lowest BCUT2D eigenvalue weighted by molar-refractivity contribution is 0.184. The third kappa shape index (κ3) is 4.86. The Morgan fingerprint density at radius 3 is 2.70 bits per heavy atom. The normalized spacial score (nSPS) is 11.7. The third-order valence-electron chi connectivity index (χ3n) is 4.50. The van der Waals surface area contributed by atoms with Crippen LogP contribution in [0.25, 0.3) is 10.9 Å². The van der Waals surface area contributed by atoms with Gasteiger partial charge in [-0.05, 0) is 41.3 Å². The van der Waals surface area contributed by atoms with Gasteiger partial charge in [0, 0.05) is 44.3 Å². The summed E-state index contributed by atoms with van der Waals surface area (Å²) in [5.41, 5.74) is 4.36. The van der Waals surface area contributed by atoms with Crippen LogP contribution in [-0.4, -0.2) is 31.6 Å². The van der Waals surface area contributed by atoms with Gasteiger partial charge in [0.2, 0.25) is 0 Å². The molecule has 5 nitrogen and oxygen atoms in total. The van der Waals surface area contributed by atoms with Gasteiger partial charge in [0.05, 0.1) is 6.61 Å². The zero-order chi connectivity index (χ0) is 19.1. The summed E-state index contributed by atoms with van der Waals surface area (Å²) in [6.07, 6.45) is 2.70. The van der Waals surface area contributed by atoms with Crippen LogP contribution in [0.2, 0.25) is 0 Å². The number of nitrogens with zero attached hydrogens (tertiary/aromatic N) is 1. The van der Waals surface area contributed by atoms with Crippen molar-refractivity contribution in [2.24, 2.45) is 4.99 Å². The summed E-state index contributed by atoms with van der Waals surface area (Å²) in [7, 11) is 3.44. The van der Waals surface area contributed by atoms with Crippen molar-refractivity contribution in [2.75, 3.05) is 20.7 Å². The lowest BCUT2D eigenvalue weighted by Crippen LogP contribution is -2.38. The van der Waals surface area contributed by atoms with E-state index in [9.17, 15) is 4.39 Å². The van der Waals surface area contributed by atoms with Crippen LogP contribution < -0.4 is 10.6 Å². The zero-order valence-corrected chi connectivity index (χ0v) is 15.7. The number of H-pyrrole nitrogens is 1. The Labute approximate surface area is 158 Å². The first-order valence-corrected chi connectivity index (χ1v) is 8.97. The van der Waals surface area contributed by atoms with Crippen molar-refractivity contribution < 1.29 is 9.13 Å². The highest BCUT2D eigenvalue weighted by molar-refractivity contribution is 5.83. The van der Waals surface area contributed by atoms with E-state index in [-0.39, 0.29) is 5.82 Å². The van der Waals surface area contributed by atoms with Gasteiger partial charge in [-0.3, -0.25) is 4.99 Å². The number of nitrogens with one attached hydrogen (secondary N) is 3. The van der Waals surface area contributed by atoms with Crippen LogP contribution in [-0.2, 0) is 24.3 Å². The van der Waals surface area contributed by atoms with Gasteiger partial charge in [-0.25, -0.2) is 4.39 Å². The number of ether oxygens (including phenoxy) is 1. The molecule has 0 bridgehead atoms. The second kappa shape index (κ2) is 9.19. The smallest absolute Gasteiger partial charge is 0.191 e. The van der Waals surface area contributed by atoms with E-state index in [1.165, 1.54) is 11.6 Å². The van der Waals surface area contributed by atoms with E-state index in [1.54, 1.807) is 26.3 Å². The molecule has 0 saturated carbocycles. The molecule has 1 heterocycles. The van der Waals surface area contributed by atoms with Gasteiger partial charge in [0.15, 0.2) is 5.96 Å². The molecule has 0 atom stereocenters. The van der Waals surface area contributed by atoms with E-state index in [4.69, 9.17) is 4.74 Å². The van der Waals surface area contributed by atoms with E-state index < -0.39 is 0 Å². The van der Waals surface area contributed by atoms with E-state index in [2.05, 4.69) is 32.7 Å². The summed E-state index contributed by atoms with van der Waals surface area (Å²) < 4.78 is 18.7. The number of aromatic amines is 1. The minimum atomic E-state index is -0.219. The maximum atomic E-state index is 13.5. The summed E-state index contributed by atoms with van der Waals surface area (Å²) in [6, 6.07) is 13.0. The van der Waals surface area contributed by atoms with Crippen LogP contribution in [0.3, 0.4) is 0 Å². The summed E-state index contributed by atoms with van der Waals surface area (Å²) in [6.45, 7) is 1.95. The molecule has 0 unspecified atom stereocenters. The summed E-state index contributed by atoms with van der Waals surface area (Å²) in [5.74, 6) is 0.511. The van der Waals surface area contributed by atoms with Crippen molar-refractivity contribution in [3.63, 3.8) is 0 Å². The van der Waals surface area contributed by atoms with Crippen LogP contribution in [0.5, 0.6) is 0 Å². The molecule has 0 fully saturated rings. The minimum absolute atomic E-state index is 0.219. The van der Waals surface area contributed by atoms with Gasteiger partial charge in [-0.2, -0.15) is 0 Å². The minimum Gasteiger partial charge on any atom is -0.380 e. The Kier molecular flexibility index (Phi) is 6.44. The van der Waals surface area contributed by atoms with Gasteiger partial charge in [0.1, 0.15) is 5.82 Å². The number of hydrogen-bond donors (Lipinski definition) is 3. The van der Waals surface area contributed by atoms with Gasteiger partial charge < -0.3 is 20.4 Å². The maximum absolute atomic E-state index is 13.5. The quantitative estimate of drug-likeness (QED) is 0.443. The standard InChI is InChI=1S/C21H25FN4O/c1-23-21(26-12-15-5-3-4-6-17(15)14-27-2)24-10-9-16-13-25-20-8-7-18(22)11-19(16)20/h3-8,11,13,25H,9-10,12,14H2,1-2H3,(H2,23,24,26). The molecule has 3 aromatic rings. The highest BCUT2D eigenvalue weighted by Gasteiger charge is 2.06. The number of aliphatic imine (C=N–C) groups is 1. The van der Waals surface area contributed by atoms with Crippen LogP contribution in [0.1, 0.15) is 16.7 Å². The average molecular weight is 368 g/mol. The van der Waals surface area contributed by atoms with Gasteiger partial charge in [-0.15, -0.1) is 0 Å². The van der Waals surface area contributed by atoms with Gasteiger partial charge in [0.25, 0.3) is 0 Å². The molecule has 0 aliphatic carbocycles. The molecule has 142 valence electrons. The Balaban J connectivity index is 1.54. The van der Waals surface area contributed by atoms with Crippen molar-refractivity contribution in [3.05, 3.63) is 71.2 Å². The van der Waals surface area contributed by atoms with E-state index in [0.29, 0.717) is 19.7 Å². The highest BCUT2D eigenvalue weighted by atomic mass is 19.1. The molecule has 2 aromatic carbocycles. The number of hydrogen-bond acceptors (Lipinski definition) is 2. The molecule has 0 spiro atoms. The summed E-state index contributed by atoms with van der Waals surface area (Å²) >= 11 is 0. The van der Waals surface area contributed by atoms with Crippen LogP contribution in [0.4, 0.5) is 4.39 Å². The second-order valence-electron chi connectivity index (χ2n) is 6.31. The van der Waals surface area contributed by atoms with Crippen LogP contribution in [0, 0.1) is 5.82 Å². The Morgan fingerprint density at radius 1 is 1.11 bits per heavy atom. The first kappa shape index (κ1) is 18.9. The predicted octanol–water partition coefficient (Wildman–Crippen LogP) is 3.36. The Morgan fingerprint density at radius 2 is 1.93 bits per heavy atom. The molecule has 0 saturated heterocycles. The molecular weight excluding hydrogens is 343 g/mol. The highest BCUT2D eigenvalue weighted by Crippen LogP contribution is 2.19. The SMILES string of the molecule is CN=C(NCCc1c[nH]c2ccc(F)cc12)NCc1ccccc1COC. The summed E-state index contributed by atoms with van der Waals surface area (Å²) in [5, 5.41) is 7.56. The first-order chi connectivity index (χ1) is 13.2. The van der Waals surface area contributed by atoms with Gasteiger partial charge in [-0.1, -0.05) is 24.3 Å². The number of aromatic nitrogens is 1. The van der Waals surface area contributed by atoms with E-state index >= 15 is 0 Å². The number of guanidine groups is 1. The largest absolute Gasteiger partial charge is 0.380 e. The van der Waals surface area contributed by atoms with Crippen LogP contribution >= 0.6 is 0 Å². The molecule has 3 N–H and O–H groups in total. The van der Waals surface area contributed by atoms with Crippen molar-refractivity contribution in [2.45, 2.75) is 19.6 Å². The molecule has 27 heavy (non-hydrogen) atoms. The Hall–Kier alpha value is -2.86. The Bertz CT molecular complexity index is 919. The fraction of sp³-hybridized carbons (Fsp3) is 0.286. The third-order valence-corrected chi connectivity index (χ3v) is 4.50. The summed E-state index contributed by atoms with van der Waals surface area (Å²) in [4.78, 5) is 7.45. The molecule has 0 amide bonds. The number of methoxy groups -OCH3 is 1. The molecule has 0 radical (unpaired) electrons. The maximum Gasteiger partial charge on any atom is 0.191 e. The molecule has 6 heteroatoms. The monoisotopic (exact) mass is 368 g/mol. The van der Waals surface area contributed by atoms with Crippen LogP contribution in [0.15, 0.2) is 53.7 Å². The molecule has 0 aliphatic rings. The lowest BCUT2D eigenvalue weighted by atomic mass is 10.1. The van der Waals surface area contributed by atoms with Crippen molar-refractivity contribution >= 4 is 16.9 Å². The van der Waals surface area contributed by atoms with E-state index in [0.717, 1.165) is 34.4 Å². The fourth-order valence-corrected chi connectivity index (χ4v) is 3.10. The number of rotatable bonds is 7. The number of halogens is 1. The second-order valence-corrected chi connectivity index (χ2v) is 6.31. The lowest BCUT2D eigenvalue weighted by Gasteiger charge is -2.14. The topological polar surface area (TPSA) is 61.4 Å². The molecule has 3 rings (SSSR count). The molecular formula is C21H25FN4O. The first-order valence-electron chi connectivity index (χ1n) is 8.97. The fourth-order valence-electron chi connectivity index (χ4n) is 3.10. The number of fused-ring (bicyclic) bond motifs is 1. The van der Waals surface area contributed by atoms with Crippen molar-refractivity contribution in [3.8, 4) is 0 Å². The molecule has 1 aromatic heterocycles.